The first kappa shape index (κ1) is 12.6. The molecule has 2 rings (SSSR count). The molecule has 1 fully saturated rings. The van der Waals surface area contributed by atoms with Crippen LogP contribution in [0.25, 0.3) is 0 Å². The zero-order chi connectivity index (χ0) is 12.1. The highest BCUT2D eigenvalue weighted by atomic mass is 15.3. The second-order valence-corrected chi connectivity index (χ2v) is 4.81. The van der Waals surface area contributed by atoms with E-state index in [0.29, 0.717) is 0 Å². The number of aryl methyl sites for hydroxylation is 3. The van der Waals surface area contributed by atoms with Gasteiger partial charge in [-0.2, -0.15) is 5.10 Å². The Kier molecular flexibility index (Phi) is 4.54. The predicted molar refractivity (Wildman–Crippen MR) is 69.0 cm³/mol. The lowest BCUT2D eigenvalue weighted by atomic mass is 10.3. The Labute approximate surface area is 104 Å². The average Bonchev–Trinajstić information content (AvgIpc) is 3.08. The fraction of sp³-hybridized carbons (Fsp3) is 0.846. The second kappa shape index (κ2) is 6.15. The van der Waals surface area contributed by atoms with E-state index in [4.69, 9.17) is 0 Å². The third kappa shape index (κ3) is 3.80. The van der Waals surface area contributed by atoms with Crippen LogP contribution in [0.2, 0.25) is 0 Å². The molecule has 1 N–H and O–H groups in total. The van der Waals surface area contributed by atoms with Crippen molar-refractivity contribution < 1.29 is 0 Å². The van der Waals surface area contributed by atoms with Crippen molar-refractivity contribution >= 4 is 0 Å². The molecule has 4 nitrogen and oxygen atoms in total. The van der Waals surface area contributed by atoms with E-state index in [2.05, 4.69) is 33.9 Å². The smallest absolute Gasteiger partial charge is 0.150 e. The maximum absolute atomic E-state index is 4.53. The maximum Gasteiger partial charge on any atom is 0.150 e. The van der Waals surface area contributed by atoms with Crippen molar-refractivity contribution in [3.8, 4) is 0 Å². The van der Waals surface area contributed by atoms with Crippen LogP contribution in [-0.4, -0.2) is 27.4 Å². The van der Waals surface area contributed by atoms with Gasteiger partial charge >= 0.3 is 0 Å². The molecule has 0 spiro atoms. The highest BCUT2D eigenvalue weighted by Gasteiger charge is 2.19. The molecule has 1 aromatic rings. The topological polar surface area (TPSA) is 42.7 Å². The Morgan fingerprint density at radius 2 is 2.06 bits per heavy atom. The van der Waals surface area contributed by atoms with Gasteiger partial charge in [-0.25, -0.2) is 9.67 Å². The Hall–Kier alpha value is -0.900. The number of rotatable bonds is 8. The summed E-state index contributed by atoms with van der Waals surface area (Å²) in [6.07, 6.45) is 7.10. The quantitative estimate of drug-likeness (QED) is 0.701. The third-order valence-corrected chi connectivity index (χ3v) is 3.23. The molecule has 4 heteroatoms. The monoisotopic (exact) mass is 236 g/mol. The molecule has 1 heterocycles. The Morgan fingerprint density at radius 3 is 2.71 bits per heavy atom. The van der Waals surface area contributed by atoms with Gasteiger partial charge < -0.3 is 5.32 Å². The normalized spacial score (nSPS) is 15.4. The van der Waals surface area contributed by atoms with Gasteiger partial charge in [-0.05, 0) is 32.2 Å². The van der Waals surface area contributed by atoms with Crippen molar-refractivity contribution in [1.82, 2.24) is 20.1 Å². The van der Waals surface area contributed by atoms with Crippen LogP contribution in [0.3, 0.4) is 0 Å². The highest BCUT2D eigenvalue weighted by molar-refractivity contribution is 4.92. The zero-order valence-corrected chi connectivity index (χ0v) is 11.1. The molecule has 0 unspecified atom stereocenters. The van der Waals surface area contributed by atoms with E-state index in [0.717, 1.165) is 43.6 Å². The van der Waals surface area contributed by atoms with Gasteiger partial charge in [0.2, 0.25) is 0 Å². The summed E-state index contributed by atoms with van der Waals surface area (Å²) in [5.41, 5.74) is 0. The summed E-state index contributed by atoms with van der Waals surface area (Å²) in [5.74, 6) is 2.12. The van der Waals surface area contributed by atoms with E-state index < -0.39 is 0 Å². The highest BCUT2D eigenvalue weighted by Crippen LogP contribution is 2.18. The van der Waals surface area contributed by atoms with E-state index in [-0.39, 0.29) is 0 Å². The van der Waals surface area contributed by atoms with Gasteiger partial charge in [-0.1, -0.05) is 13.8 Å². The molecule has 1 aliphatic rings. The summed E-state index contributed by atoms with van der Waals surface area (Å²) in [6.45, 7) is 6.43. The minimum absolute atomic E-state index is 0.833. The van der Waals surface area contributed by atoms with Crippen LogP contribution < -0.4 is 5.32 Å². The molecule has 0 radical (unpaired) electrons. The standard InChI is InChI=1S/C13H24N4/c1-3-12-15-13(4-2)17(16-12)10-6-5-9-14-11-7-8-11/h11,14H,3-10H2,1-2H3. The third-order valence-electron chi connectivity index (χ3n) is 3.23. The summed E-state index contributed by atoms with van der Waals surface area (Å²) in [4.78, 5) is 4.52. The van der Waals surface area contributed by atoms with E-state index in [1.54, 1.807) is 0 Å². The van der Waals surface area contributed by atoms with Gasteiger partial charge in [-0.3, -0.25) is 0 Å². The molecule has 0 saturated heterocycles. The largest absolute Gasteiger partial charge is 0.314 e. The average molecular weight is 236 g/mol. The first-order chi connectivity index (χ1) is 8.33. The van der Waals surface area contributed by atoms with Crippen molar-refractivity contribution in [3.63, 3.8) is 0 Å². The Morgan fingerprint density at radius 1 is 1.24 bits per heavy atom. The van der Waals surface area contributed by atoms with E-state index in [9.17, 15) is 0 Å². The van der Waals surface area contributed by atoms with Crippen LogP contribution in [0.15, 0.2) is 0 Å². The first-order valence-corrected chi connectivity index (χ1v) is 6.99. The lowest BCUT2D eigenvalue weighted by Crippen LogP contribution is -2.18. The van der Waals surface area contributed by atoms with Crippen LogP contribution in [0, 0.1) is 0 Å². The maximum atomic E-state index is 4.53. The fourth-order valence-electron chi connectivity index (χ4n) is 2.00. The van der Waals surface area contributed by atoms with Crippen LogP contribution >= 0.6 is 0 Å². The lowest BCUT2D eigenvalue weighted by molar-refractivity contribution is 0.516. The fourth-order valence-corrected chi connectivity index (χ4v) is 2.00. The zero-order valence-electron chi connectivity index (χ0n) is 11.1. The first-order valence-electron chi connectivity index (χ1n) is 6.99. The Balaban J connectivity index is 1.70. The minimum Gasteiger partial charge on any atom is -0.314 e. The van der Waals surface area contributed by atoms with Crippen molar-refractivity contribution in [1.29, 1.82) is 0 Å². The van der Waals surface area contributed by atoms with E-state index in [1.807, 2.05) is 0 Å². The molecule has 1 saturated carbocycles. The molecule has 17 heavy (non-hydrogen) atoms. The van der Waals surface area contributed by atoms with Crippen molar-refractivity contribution in [3.05, 3.63) is 11.6 Å². The van der Waals surface area contributed by atoms with Crippen LogP contribution in [0.4, 0.5) is 0 Å². The minimum atomic E-state index is 0.833. The number of nitrogens with zero attached hydrogens (tertiary/aromatic N) is 3. The van der Waals surface area contributed by atoms with Crippen molar-refractivity contribution in [2.24, 2.45) is 0 Å². The molecule has 0 aromatic carbocycles. The number of unbranched alkanes of at least 4 members (excludes halogenated alkanes) is 1. The predicted octanol–water partition coefficient (Wildman–Crippen LogP) is 1.94. The molecular weight excluding hydrogens is 212 g/mol. The van der Waals surface area contributed by atoms with Gasteiger partial charge in [-0.15, -0.1) is 0 Å². The van der Waals surface area contributed by atoms with Crippen molar-refractivity contribution in [2.75, 3.05) is 6.54 Å². The SMILES string of the molecule is CCc1nc(CC)n(CCCCNC2CC2)n1. The Bertz CT molecular complexity index is 341. The van der Waals surface area contributed by atoms with Gasteiger partial charge in [0, 0.05) is 25.4 Å². The molecule has 0 atom stereocenters. The molecular formula is C13H24N4. The number of aromatic nitrogens is 3. The summed E-state index contributed by atoms with van der Waals surface area (Å²) in [5, 5.41) is 8.07. The lowest BCUT2D eigenvalue weighted by Gasteiger charge is -2.05. The summed E-state index contributed by atoms with van der Waals surface area (Å²) < 4.78 is 2.09. The second-order valence-electron chi connectivity index (χ2n) is 4.81. The van der Waals surface area contributed by atoms with Crippen LogP contribution in [0.1, 0.15) is 51.2 Å². The molecule has 0 amide bonds. The van der Waals surface area contributed by atoms with Gasteiger partial charge in [0.25, 0.3) is 0 Å². The van der Waals surface area contributed by atoms with Crippen LogP contribution in [0.5, 0.6) is 0 Å². The summed E-state index contributed by atoms with van der Waals surface area (Å²) >= 11 is 0. The summed E-state index contributed by atoms with van der Waals surface area (Å²) in [6, 6.07) is 0.833. The number of hydrogen-bond acceptors (Lipinski definition) is 3. The number of nitrogens with one attached hydrogen (secondary N) is 1. The van der Waals surface area contributed by atoms with Gasteiger partial charge in [0.05, 0.1) is 0 Å². The molecule has 96 valence electrons. The number of hydrogen-bond donors (Lipinski definition) is 1. The molecule has 1 aliphatic carbocycles. The molecule has 0 bridgehead atoms. The van der Waals surface area contributed by atoms with Gasteiger partial charge in [0.1, 0.15) is 5.82 Å². The van der Waals surface area contributed by atoms with Gasteiger partial charge in [0.15, 0.2) is 5.82 Å². The van der Waals surface area contributed by atoms with Crippen molar-refractivity contribution in [2.45, 2.75) is 65.0 Å². The van der Waals surface area contributed by atoms with E-state index in [1.165, 1.54) is 25.7 Å². The molecule has 1 aromatic heterocycles. The summed E-state index contributed by atoms with van der Waals surface area (Å²) in [7, 11) is 0. The molecule has 0 aliphatic heterocycles. The van der Waals surface area contributed by atoms with Crippen LogP contribution in [-0.2, 0) is 19.4 Å². The van der Waals surface area contributed by atoms with E-state index >= 15 is 0 Å².